The highest BCUT2D eigenvalue weighted by atomic mass is 16.5. The van der Waals surface area contributed by atoms with Gasteiger partial charge >= 0.3 is 0 Å². The predicted octanol–water partition coefficient (Wildman–Crippen LogP) is 3.22. The van der Waals surface area contributed by atoms with Gasteiger partial charge in [0.25, 0.3) is 0 Å². The minimum Gasteiger partial charge on any atom is -0.494 e. The van der Waals surface area contributed by atoms with Gasteiger partial charge in [-0.2, -0.15) is 0 Å². The Morgan fingerprint density at radius 2 is 2.20 bits per heavy atom. The van der Waals surface area contributed by atoms with Crippen molar-refractivity contribution >= 4 is 5.78 Å². The van der Waals surface area contributed by atoms with Crippen LogP contribution in [-0.4, -0.2) is 11.9 Å². The standard InChI is InChI=1S/C13H20O2/c1-3-5-10-8-9(2)13-11(14)6-4-7-12(13)15-10/h9-10H,3-8H2,1-2H3. The van der Waals surface area contributed by atoms with Crippen molar-refractivity contribution < 1.29 is 9.53 Å². The first-order valence-electron chi connectivity index (χ1n) is 6.15. The zero-order valence-corrected chi connectivity index (χ0v) is 9.71. The fraction of sp³-hybridized carbons (Fsp3) is 0.769. The molecule has 0 amide bonds. The topological polar surface area (TPSA) is 26.3 Å². The molecule has 0 spiro atoms. The summed E-state index contributed by atoms with van der Waals surface area (Å²) in [5, 5.41) is 0. The SMILES string of the molecule is CCCC1CC(C)C2=C(CCCC2=O)O1. The van der Waals surface area contributed by atoms with E-state index in [-0.39, 0.29) is 0 Å². The number of ketones is 1. The van der Waals surface area contributed by atoms with Crippen LogP contribution in [0.15, 0.2) is 11.3 Å². The molecule has 0 saturated carbocycles. The van der Waals surface area contributed by atoms with Gasteiger partial charge < -0.3 is 4.74 Å². The molecule has 0 bridgehead atoms. The molecule has 2 aliphatic rings. The van der Waals surface area contributed by atoms with Crippen molar-refractivity contribution in [2.75, 3.05) is 0 Å². The Morgan fingerprint density at radius 1 is 1.40 bits per heavy atom. The predicted molar refractivity (Wildman–Crippen MR) is 59.4 cm³/mol. The van der Waals surface area contributed by atoms with Gasteiger partial charge in [0.15, 0.2) is 5.78 Å². The average Bonchev–Trinajstić information content (AvgIpc) is 2.17. The summed E-state index contributed by atoms with van der Waals surface area (Å²) in [6.45, 7) is 4.35. The van der Waals surface area contributed by atoms with Crippen LogP contribution in [0.3, 0.4) is 0 Å². The third-order valence-electron chi connectivity index (χ3n) is 3.44. The van der Waals surface area contributed by atoms with E-state index >= 15 is 0 Å². The molecule has 84 valence electrons. The summed E-state index contributed by atoms with van der Waals surface area (Å²) in [5.41, 5.74) is 1.01. The number of rotatable bonds is 2. The highest BCUT2D eigenvalue weighted by Crippen LogP contribution is 2.37. The van der Waals surface area contributed by atoms with Gasteiger partial charge in [0.2, 0.25) is 0 Å². The Kier molecular flexibility index (Phi) is 3.13. The van der Waals surface area contributed by atoms with Crippen molar-refractivity contribution in [1.82, 2.24) is 0 Å². The van der Waals surface area contributed by atoms with Crippen molar-refractivity contribution in [1.29, 1.82) is 0 Å². The van der Waals surface area contributed by atoms with Crippen molar-refractivity contribution in [3.05, 3.63) is 11.3 Å². The Hall–Kier alpha value is -0.790. The molecule has 0 radical (unpaired) electrons. The first-order valence-corrected chi connectivity index (χ1v) is 6.15. The second-order valence-electron chi connectivity index (χ2n) is 4.78. The molecule has 1 aliphatic heterocycles. The summed E-state index contributed by atoms with van der Waals surface area (Å²) in [4.78, 5) is 11.8. The third kappa shape index (κ3) is 2.09. The van der Waals surface area contributed by atoms with Gasteiger partial charge in [0, 0.05) is 18.4 Å². The maximum absolute atomic E-state index is 11.8. The summed E-state index contributed by atoms with van der Waals surface area (Å²) < 4.78 is 5.93. The van der Waals surface area contributed by atoms with Gasteiger partial charge in [-0.1, -0.05) is 20.3 Å². The van der Waals surface area contributed by atoms with Crippen LogP contribution < -0.4 is 0 Å². The van der Waals surface area contributed by atoms with Crippen molar-refractivity contribution in [3.63, 3.8) is 0 Å². The maximum Gasteiger partial charge on any atom is 0.162 e. The fourth-order valence-corrected chi connectivity index (χ4v) is 2.77. The van der Waals surface area contributed by atoms with Crippen LogP contribution in [0, 0.1) is 5.92 Å². The van der Waals surface area contributed by atoms with Crippen LogP contribution >= 0.6 is 0 Å². The molecule has 0 N–H and O–H groups in total. The van der Waals surface area contributed by atoms with Crippen LogP contribution in [0.1, 0.15) is 52.4 Å². The smallest absolute Gasteiger partial charge is 0.162 e. The van der Waals surface area contributed by atoms with E-state index in [1.54, 1.807) is 0 Å². The number of allylic oxidation sites excluding steroid dienone is 2. The van der Waals surface area contributed by atoms with Gasteiger partial charge in [-0.15, -0.1) is 0 Å². The van der Waals surface area contributed by atoms with Gasteiger partial charge in [0.1, 0.15) is 5.76 Å². The van der Waals surface area contributed by atoms with Gasteiger partial charge in [0.05, 0.1) is 6.10 Å². The molecule has 2 unspecified atom stereocenters. The molecule has 2 atom stereocenters. The molecule has 0 fully saturated rings. The van der Waals surface area contributed by atoms with Crippen molar-refractivity contribution in [3.8, 4) is 0 Å². The minimum absolute atomic E-state index is 0.332. The lowest BCUT2D eigenvalue weighted by molar-refractivity contribution is -0.118. The largest absolute Gasteiger partial charge is 0.494 e. The van der Waals surface area contributed by atoms with Crippen molar-refractivity contribution in [2.45, 2.75) is 58.5 Å². The molecular formula is C13H20O2. The Bertz CT molecular complexity index is 291. The van der Waals surface area contributed by atoms with E-state index in [4.69, 9.17) is 4.74 Å². The molecule has 2 heteroatoms. The van der Waals surface area contributed by atoms with Crippen LogP contribution in [0.5, 0.6) is 0 Å². The molecular weight excluding hydrogens is 188 g/mol. The first-order chi connectivity index (χ1) is 7.22. The molecule has 15 heavy (non-hydrogen) atoms. The Morgan fingerprint density at radius 3 is 2.93 bits per heavy atom. The Balaban J connectivity index is 2.17. The molecule has 2 rings (SSSR count). The lowest BCUT2D eigenvalue weighted by Gasteiger charge is -2.34. The quantitative estimate of drug-likeness (QED) is 0.696. The summed E-state index contributed by atoms with van der Waals surface area (Å²) in [6.07, 6.45) is 6.34. The first kappa shape index (κ1) is 10.7. The number of hydrogen-bond donors (Lipinski definition) is 0. The highest BCUT2D eigenvalue weighted by molar-refractivity contribution is 5.97. The molecule has 1 heterocycles. The van der Waals surface area contributed by atoms with E-state index in [2.05, 4.69) is 13.8 Å². The number of carbonyl (C=O) groups is 1. The molecule has 0 aromatic rings. The summed E-state index contributed by atoms with van der Waals surface area (Å²) in [7, 11) is 0. The summed E-state index contributed by atoms with van der Waals surface area (Å²) >= 11 is 0. The zero-order valence-electron chi connectivity index (χ0n) is 9.71. The van der Waals surface area contributed by atoms with E-state index in [9.17, 15) is 4.79 Å². The van der Waals surface area contributed by atoms with Crippen molar-refractivity contribution in [2.24, 2.45) is 5.92 Å². The molecule has 0 aromatic carbocycles. The Labute approximate surface area is 91.7 Å². The maximum atomic E-state index is 11.8. The lowest BCUT2D eigenvalue weighted by Crippen LogP contribution is -2.29. The molecule has 0 aromatic heterocycles. The van der Waals surface area contributed by atoms with E-state index in [0.29, 0.717) is 17.8 Å². The van der Waals surface area contributed by atoms with E-state index < -0.39 is 0 Å². The van der Waals surface area contributed by atoms with E-state index in [0.717, 1.165) is 49.9 Å². The summed E-state index contributed by atoms with van der Waals surface area (Å²) in [6, 6.07) is 0. The number of carbonyl (C=O) groups excluding carboxylic acids is 1. The van der Waals surface area contributed by atoms with Gasteiger partial charge in [-0.05, 0) is 25.2 Å². The van der Waals surface area contributed by atoms with Gasteiger partial charge in [-0.25, -0.2) is 0 Å². The highest BCUT2D eigenvalue weighted by Gasteiger charge is 2.33. The van der Waals surface area contributed by atoms with Gasteiger partial charge in [-0.3, -0.25) is 4.79 Å². The number of hydrogen-bond acceptors (Lipinski definition) is 2. The second kappa shape index (κ2) is 4.38. The minimum atomic E-state index is 0.332. The fourth-order valence-electron chi connectivity index (χ4n) is 2.77. The normalized spacial score (nSPS) is 31.2. The zero-order chi connectivity index (χ0) is 10.8. The number of ether oxygens (including phenoxy) is 1. The summed E-state index contributed by atoms with van der Waals surface area (Å²) in [5.74, 6) is 1.76. The van der Waals surface area contributed by atoms with Crippen LogP contribution in [0.25, 0.3) is 0 Å². The van der Waals surface area contributed by atoms with Crippen LogP contribution in [0.2, 0.25) is 0 Å². The monoisotopic (exact) mass is 208 g/mol. The molecule has 1 aliphatic carbocycles. The molecule has 0 saturated heterocycles. The number of Topliss-reactive ketones (excluding diaryl/α,β-unsaturated/α-hetero) is 1. The third-order valence-corrected chi connectivity index (χ3v) is 3.44. The van der Waals surface area contributed by atoms with Crippen LogP contribution in [-0.2, 0) is 9.53 Å². The second-order valence-corrected chi connectivity index (χ2v) is 4.78. The van der Waals surface area contributed by atoms with Crippen LogP contribution in [0.4, 0.5) is 0 Å². The molecule has 2 nitrogen and oxygen atoms in total. The van der Waals surface area contributed by atoms with E-state index in [1.807, 2.05) is 0 Å². The van der Waals surface area contributed by atoms with E-state index in [1.165, 1.54) is 0 Å². The lowest BCUT2D eigenvalue weighted by atomic mass is 9.82. The average molecular weight is 208 g/mol.